The third-order valence-corrected chi connectivity index (χ3v) is 24.2. The minimum absolute atomic E-state index is 0.000230. The van der Waals surface area contributed by atoms with Crippen molar-refractivity contribution >= 4 is 35.8 Å². The molecule has 1 unspecified atom stereocenters. The first-order chi connectivity index (χ1) is 48.1. The number of nitriles is 1. The molecule has 7 aliphatic rings. The summed E-state index contributed by atoms with van der Waals surface area (Å²) >= 11 is 0. The van der Waals surface area contributed by atoms with Crippen molar-refractivity contribution in [2.45, 2.75) is 139 Å². The van der Waals surface area contributed by atoms with Gasteiger partial charge in [0.2, 0.25) is 15.9 Å². The van der Waals surface area contributed by atoms with E-state index in [1.54, 1.807) is 30.7 Å². The molecule has 14 rings (SSSR count). The third kappa shape index (κ3) is 12.1. The fraction of sp³-hybridized carbons (Fsp3) is 0.403. The standard InChI is InChI=1S/C77H83N8O12PS/c1-50(2)85(51(3)4)98(94-44-18-37-78)97-65-47-69(95-66(65)49-93-77(55-22-8-7-9-23-55,56-29-33-58(91-5)34-30-56)57-31-35-59(92-6)36-32-57)83-48-54(74(87)80-75(83)88)19-10-13-28-68(86)79-38-43-84-76(62-26-11-12-27-67(62)99(84,89)90)63-45-52-20-14-39-81-41-16-24-60(70(52)81)72(63)96-73-61-25-17-42-82-40-15-21-53(71(61)82)46-64(73)76/h7-9,11-12,22-23,26-27,29-36,45-46,48,50-51,69H,13-18,20-21,24-25,28,38-44,47,49H2,1-6H3,(H,79,86)(H,80,87,88)/t69-,98?/m1/s1. The van der Waals surface area contributed by atoms with Gasteiger partial charge in [0.05, 0.1) is 44.6 Å². The van der Waals surface area contributed by atoms with Gasteiger partial charge in [0.25, 0.3) is 5.56 Å². The van der Waals surface area contributed by atoms with Crippen LogP contribution in [0.15, 0.2) is 147 Å². The van der Waals surface area contributed by atoms with Crippen LogP contribution >= 0.6 is 8.53 Å². The van der Waals surface area contributed by atoms with Gasteiger partial charge in [0.15, 0.2) is 17.7 Å². The maximum atomic E-state index is 15.5. The minimum Gasteiger partial charge on any atom is -0.497 e. The molecule has 0 fully saturated rings. The van der Waals surface area contributed by atoms with Crippen molar-refractivity contribution in [3.8, 4) is 40.9 Å². The maximum absolute atomic E-state index is 15.5. The van der Waals surface area contributed by atoms with Gasteiger partial charge in [-0.15, -0.1) is 0 Å². The van der Waals surface area contributed by atoms with Gasteiger partial charge >= 0.3 is 14.2 Å². The molecule has 2 N–H and O–H groups in total. The van der Waals surface area contributed by atoms with Crippen molar-refractivity contribution in [1.29, 1.82) is 5.26 Å². The van der Waals surface area contributed by atoms with Crippen molar-refractivity contribution in [1.82, 2.24) is 23.8 Å². The number of H-pyrrole nitrogens is 1. The first-order valence-electron chi connectivity index (χ1n) is 34.5. The number of methoxy groups -OCH3 is 2. The highest BCUT2D eigenvalue weighted by Gasteiger charge is 2.61. The molecule has 0 aliphatic carbocycles. The summed E-state index contributed by atoms with van der Waals surface area (Å²) in [6, 6.07) is 39.0. The highest BCUT2D eigenvalue weighted by Crippen LogP contribution is 2.64. The second-order valence-corrected chi connectivity index (χ2v) is 29.9. The average Bonchev–Trinajstić information content (AvgIpc) is 1.57. The number of fused-ring (bicyclic) bond motifs is 8. The van der Waals surface area contributed by atoms with Gasteiger partial charge in [0, 0.05) is 110 Å². The molecule has 7 aromatic rings. The second kappa shape index (κ2) is 28.0. The van der Waals surface area contributed by atoms with E-state index in [2.05, 4.69) is 54.8 Å². The lowest BCUT2D eigenvalue weighted by Gasteiger charge is -2.48. The molecule has 7 aliphatic heterocycles. The summed E-state index contributed by atoms with van der Waals surface area (Å²) in [6.45, 7) is 11.9. The molecule has 1 amide bonds. The zero-order valence-corrected chi connectivity index (χ0v) is 58.6. The number of aromatic amines is 1. The van der Waals surface area contributed by atoms with Crippen molar-refractivity contribution in [2.24, 2.45) is 0 Å². The van der Waals surface area contributed by atoms with Crippen LogP contribution in [0.1, 0.15) is 146 Å². The van der Waals surface area contributed by atoms with Crippen molar-refractivity contribution in [3.05, 3.63) is 215 Å². The van der Waals surface area contributed by atoms with E-state index in [4.69, 9.17) is 32.7 Å². The number of hydrogen-bond acceptors (Lipinski definition) is 16. The SMILES string of the molecule is COc1ccc(C(OCC2=C(OP(OCCC#N)N(C(C)C)C(C)C)C[C@H](n3cc(C#CCCC(=O)NCCN4C5(c6ccccc6S4(=O)=O)c4cc6c7c(c4Oc4c5cc5c8c4CCCN8CCC5)CCCN7CCC6)c(=O)[nH]c3=O)O2)(c2ccccc2)c2ccc(OC)cc2)cc1. The molecule has 0 saturated heterocycles. The highest BCUT2D eigenvalue weighted by molar-refractivity contribution is 7.89. The number of aromatic nitrogens is 2. The molecule has 514 valence electrons. The number of carbonyl (C=O) groups is 1. The van der Waals surface area contributed by atoms with E-state index in [-0.39, 0.29) is 86.2 Å². The normalized spacial score (nSPS) is 17.9. The van der Waals surface area contributed by atoms with Crippen molar-refractivity contribution in [2.75, 3.05) is 76.5 Å². The molecule has 6 aromatic carbocycles. The Hall–Kier alpha value is -8.92. The number of carbonyl (C=O) groups excluding carboxylic acids is 1. The topological polar surface area (TPSA) is 219 Å². The third-order valence-electron chi connectivity index (χ3n) is 20.2. The molecule has 1 aromatic heterocycles. The van der Waals surface area contributed by atoms with Crippen LogP contribution in [-0.4, -0.2) is 112 Å². The summed E-state index contributed by atoms with van der Waals surface area (Å²) in [4.78, 5) is 49.5. The number of benzene rings is 6. The van der Waals surface area contributed by atoms with E-state index in [0.29, 0.717) is 22.8 Å². The zero-order chi connectivity index (χ0) is 68.7. The van der Waals surface area contributed by atoms with Crippen molar-refractivity contribution in [3.63, 3.8) is 0 Å². The van der Waals surface area contributed by atoms with E-state index < -0.39 is 47.2 Å². The van der Waals surface area contributed by atoms with Gasteiger partial charge in [-0.3, -0.25) is 19.1 Å². The lowest BCUT2D eigenvalue weighted by molar-refractivity contribution is -0.121. The molecule has 20 nitrogen and oxygen atoms in total. The number of rotatable bonds is 22. The van der Waals surface area contributed by atoms with Gasteiger partial charge in [0.1, 0.15) is 46.3 Å². The summed E-state index contributed by atoms with van der Waals surface area (Å²) in [7, 11) is -2.84. The molecule has 22 heteroatoms. The first kappa shape index (κ1) is 67.3. The van der Waals surface area contributed by atoms with Gasteiger partial charge < -0.3 is 47.8 Å². The fourth-order valence-electron chi connectivity index (χ4n) is 16.0. The summed E-state index contributed by atoms with van der Waals surface area (Å²) < 4.78 is 82.2. The quantitative estimate of drug-likeness (QED) is 0.0279. The Morgan fingerprint density at radius 1 is 0.768 bits per heavy atom. The molecular weight excluding hydrogens is 1290 g/mol. The number of aryl methyl sites for hydroxylation is 2. The number of ether oxygens (including phenoxy) is 5. The Morgan fingerprint density at radius 3 is 1.93 bits per heavy atom. The second-order valence-electron chi connectivity index (χ2n) is 26.7. The van der Waals surface area contributed by atoms with Crippen LogP contribution in [0.5, 0.6) is 23.0 Å². The lowest BCUT2D eigenvalue weighted by Crippen LogP contribution is -2.50. The Labute approximate surface area is 579 Å². The predicted octanol–water partition coefficient (Wildman–Crippen LogP) is 11.7. The zero-order valence-electron chi connectivity index (χ0n) is 56.9. The van der Waals surface area contributed by atoms with Crippen LogP contribution in [0.2, 0.25) is 0 Å². The van der Waals surface area contributed by atoms with Crippen LogP contribution in [0.3, 0.4) is 0 Å². The number of anilines is 2. The molecule has 0 saturated carbocycles. The molecule has 1 spiro atoms. The van der Waals surface area contributed by atoms with Crippen molar-refractivity contribution < 1.29 is 45.9 Å². The number of hydrogen-bond donors (Lipinski definition) is 2. The first-order valence-corrected chi connectivity index (χ1v) is 37.1. The predicted molar refractivity (Wildman–Crippen MR) is 378 cm³/mol. The summed E-state index contributed by atoms with van der Waals surface area (Å²) in [6.07, 6.45) is 7.67. The summed E-state index contributed by atoms with van der Waals surface area (Å²) in [5.41, 5.74) is 7.77. The highest BCUT2D eigenvalue weighted by atomic mass is 32.2. The molecule has 99 heavy (non-hydrogen) atoms. The van der Waals surface area contributed by atoms with Crippen LogP contribution in [0, 0.1) is 23.2 Å². The van der Waals surface area contributed by atoms with Gasteiger partial charge in [-0.25, -0.2) is 17.9 Å². The van der Waals surface area contributed by atoms with Crippen LogP contribution in [-0.2, 0) is 70.2 Å². The summed E-state index contributed by atoms with van der Waals surface area (Å²) in [5.74, 6) is 8.96. The van der Waals surface area contributed by atoms with E-state index in [1.807, 2.05) is 119 Å². The smallest absolute Gasteiger partial charge is 0.331 e. The molecular formula is C77H83N8O12PS. The lowest BCUT2D eigenvalue weighted by atomic mass is 9.70. The average molecular weight is 1380 g/mol. The van der Waals surface area contributed by atoms with E-state index in [9.17, 15) is 19.6 Å². The van der Waals surface area contributed by atoms with Crippen LogP contribution < -0.4 is 40.6 Å². The molecule has 0 radical (unpaired) electrons. The Balaban J connectivity index is 0.741. The monoisotopic (exact) mass is 1370 g/mol. The number of nitrogens with zero attached hydrogens (tertiary/aromatic N) is 6. The maximum Gasteiger partial charge on any atom is 0.331 e. The van der Waals surface area contributed by atoms with Crippen LogP contribution in [0.4, 0.5) is 11.4 Å². The Bertz CT molecular complexity index is 4490. The van der Waals surface area contributed by atoms with Gasteiger partial charge in [-0.1, -0.05) is 84.6 Å². The van der Waals surface area contributed by atoms with Gasteiger partial charge in [-0.2, -0.15) is 9.57 Å². The Morgan fingerprint density at radius 2 is 1.34 bits per heavy atom. The van der Waals surface area contributed by atoms with Gasteiger partial charge in [-0.05, 0) is 149 Å². The molecule has 8 heterocycles. The van der Waals surface area contributed by atoms with E-state index in [0.717, 1.165) is 128 Å². The van der Waals surface area contributed by atoms with E-state index in [1.165, 1.54) is 33.3 Å². The largest absolute Gasteiger partial charge is 0.497 e. The summed E-state index contributed by atoms with van der Waals surface area (Å²) in [5, 5.41) is 12.6. The Kier molecular flexibility index (Phi) is 19.0. The number of nitrogens with one attached hydrogen (secondary N) is 2. The minimum atomic E-state index is -4.17. The van der Waals surface area contributed by atoms with Crippen LogP contribution in [0.25, 0.3) is 0 Å². The molecule has 0 bridgehead atoms. The molecule has 2 atom stereocenters. The van der Waals surface area contributed by atoms with E-state index >= 15 is 8.42 Å². The fourth-order valence-corrected chi connectivity index (χ4v) is 19.6. The number of amides is 1. The number of sulfonamides is 1.